The number of thioether (sulfide) groups is 1. The number of carbonyl (C=O) groups is 1. The minimum Gasteiger partial charge on any atom is -0.342 e. The molecule has 0 N–H and O–H groups in total. The van der Waals surface area contributed by atoms with Crippen molar-refractivity contribution in [3.8, 4) is 0 Å². The molecule has 2 aromatic rings. The van der Waals surface area contributed by atoms with Gasteiger partial charge in [-0.2, -0.15) is 0 Å². The number of hydrogen-bond donors (Lipinski definition) is 0. The third-order valence-corrected chi connectivity index (χ3v) is 6.47. The van der Waals surface area contributed by atoms with Crippen molar-refractivity contribution >= 4 is 34.0 Å². The van der Waals surface area contributed by atoms with Gasteiger partial charge in [-0.15, -0.1) is 23.1 Å². The molecular weight excluding hydrogens is 342 g/mol. The van der Waals surface area contributed by atoms with Crippen LogP contribution in [0.4, 0.5) is 0 Å². The SMILES string of the molecule is CC1CCC(N(C)C(=O)CSCc2cc(=O)n3ccsc3n2)CC1. The van der Waals surface area contributed by atoms with Crippen molar-refractivity contribution in [3.63, 3.8) is 0 Å². The van der Waals surface area contributed by atoms with Crippen LogP contribution in [0.15, 0.2) is 22.4 Å². The van der Waals surface area contributed by atoms with Gasteiger partial charge in [0.05, 0.1) is 11.4 Å². The monoisotopic (exact) mass is 365 g/mol. The average molecular weight is 366 g/mol. The first-order valence-corrected chi connectivity index (χ1v) is 10.4. The van der Waals surface area contributed by atoms with Gasteiger partial charge in [0.15, 0.2) is 4.96 Å². The van der Waals surface area contributed by atoms with Crippen LogP contribution >= 0.6 is 23.1 Å². The van der Waals surface area contributed by atoms with E-state index in [0.29, 0.717) is 22.5 Å². The number of amides is 1. The fourth-order valence-electron chi connectivity index (χ4n) is 3.14. The Morgan fingerprint density at radius 3 is 2.92 bits per heavy atom. The highest BCUT2D eigenvalue weighted by Gasteiger charge is 2.24. The second kappa shape index (κ2) is 7.70. The predicted molar refractivity (Wildman–Crippen MR) is 99.7 cm³/mol. The van der Waals surface area contributed by atoms with Crippen molar-refractivity contribution in [1.82, 2.24) is 14.3 Å². The molecule has 0 unspecified atom stereocenters. The Bertz CT molecular complexity index is 763. The first-order valence-electron chi connectivity index (χ1n) is 8.34. The maximum absolute atomic E-state index is 12.4. The Labute approximate surface area is 150 Å². The van der Waals surface area contributed by atoms with Crippen molar-refractivity contribution < 1.29 is 4.79 Å². The maximum atomic E-state index is 12.4. The molecule has 3 rings (SSSR count). The molecule has 130 valence electrons. The van der Waals surface area contributed by atoms with Gasteiger partial charge in [0.2, 0.25) is 5.91 Å². The Morgan fingerprint density at radius 2 is 2.17 bits per heavy atom. The maximum Gasteiger partial charge on any atom is 0.258 e. The topological polar surface area (TPSA) is 54.7 Å². The van der Waals surface area contributed by atoms with Crippen LogP contribution in [-0.4, -0.2) is 39.0 Å². The summed E-state index contributed by atoms with van der Waals surface area (Å²) in [5.74, 6) is 1.99. The molecule has 7 heteroatoms. The third kappa shape index (κ3) is 4.00. The second-order valence-electron chi connectivity index (χ2n) is 6.55. The summed E-state index contributed by atoms with van der Waals surface area (Å²) in [5.41, 5.74) is 0.686. The predicted octanol–water partition coefficient (Wildman–Crippen LogP) is 3.03. The fourth-order valence-corrected chi connectivity index (χ4v) is 4.72. The number of nitrogens with zero attached hydrogens (tertiary/aromatic N) is 3. The number of hydrogen-bond acceptors (Lipinski definition) is 5. The van der Waals surface area contributed by atoms with Crippen molar-refractivity contribution in [1.29, 1.82) is 0 Å². The summed E-state index contributed by atoms with van der Waals surface area (Å²) in [4.78, 5) is 31.4. The highest BCUT2D eigenvalue weighted by Crippen LogP contribution is 2.26. The zero-order valence-corrected chi connectivity index (χ0v) is 15.7. The molecule has 0 aliphatic heterocycles. The molecule has 0 aromatic carbocycles. The van der Waals surface area contributed by atoms with Gasteiger partial charge in [-0.05, 0) is 31.6 Å². The van der Waals surface area contributed by atoms with Crippen molar-refractivity contribution in [2.24, 2.45) is 5.92 Å². The van der Waals surface area contributed by atoms with Crippen LogP contribution in [0, 0.1) is 5.92 Å². The molecule has 0 atom stereocenters. The molecule has 0 radical (unpaired) electrons. The van der Waals surface area contributed by atoms with Crippen LogP contribution < -0.4 is 5.56 Å². The third-order valence-electron chi connectivity index (χ3n) is 4.76. The first-order chi connectivity index (χ1) is 11.5. The van der Waals surface area contributed by atoms with E-state index in [-0.39, 0.29) is 11.5 Å². The summed E-state index contributed by atoms with van der Waals surface area (Å²) < 4.78 is 1.54. The van der Waals surface area contributed by atoms with E-state index in [1.807, 2.05) is 17.3 Å². The van der Waals surface area contributed by atoms with Crippen LogP contribution in [0.5, 0.6) is 0 Å². The zero-order valence-electron chi connectivity index (χ0n) is 14.1. The molecule has 1 aliphatic rings. The van der Waals surface area contributed by atoms with Crippen molar-refractivity contribution in [2.75, 3.05) is 12.8 Å². The lowest BCUT2D eigenvalue weighted by Gasteiger charge is -2.33. The van der Waals surface area contributed by atoms with Crippen LogP contribution in [-0.2, 0) is 10.5 Å². The van der Waals surface area contributed by atoms with Crippen LogP contribution in [0.25, 0.3) is 4.96 Å². The van der Waals surface area contributed by atoms with E-state index in [1.165, 1.54) is 35.9 Å². The number of rotatable bonds is 5. The normalized spacial score (nSPS) is 21.1. The molecule has 0 spiro atoms. The smallest absolute Gasteiger partial charge is 0.258 e. The summed E-state index contributed by atoms with van der Waals surface area (Å²) in [6.45, 7) is 2.29. The van der Waals surface area contributed by atoms with E-state index in [0.717, 1.165) is 24.5 Å². The molecule has 2 aromatic heterocycles. The summed E-state index contributed by atoms with van der Waals surface area (Å²) in [6, 6.07) is 1.95. The van der Waals surface area contributed by atoms with Crippen molar-refractivity contribution in [2.45, 2.75) is 44.4 Å². The van der Waals surface area contributed by atoms with Crippen molar-refractivity contribution in [3.05, 3.63) is 33.7 Å². The summed E-state index contributed by atoms with van der Waals surface area (Å²) in [7, 11) is 1.92. The van der Waals surface area contributed by atoms with Gasteiger partial charge in [0.1, 0.15) is 0 Å². The van der Waals surface area contributed by atoms with Gasteiger partial charge >= 0.3 is 0 Å². The molecule has 1 aliphatic carbocycles. The minimum absolute atomic E-state index is 0.0587. The standard InChI is InChI=1S/C17H23N3O2S2/c1-12-3-5-14(6-4-12)19(2)16(22)11-23-10-13-9-15(21)20-7-8-24-17(20)18-13/h7-9,12,14H,3-6,10-11H2,1-2H3. The molecule has 1 saturated carbocycles. The quantitative estimate of drug-likeness (QED) is 0.817. The highest BCUT2D eigenvalue weighted by atomic mass is 32.2. The lowest BCUT2D eigenvalue weighted by Crippen LogP contribution is -2.40. The minimum atomic E-state index is -0.0587. The first kappa shape index (κ1) is 17.5. The van der Waals surface area contributed by atoms with E-state index >= 15 is 0 Å². The summed E-state index contributed by atoms with van der Waals surface area (Å²) in [5, 5.41) is 1.85. The van der Waals surface area contributed by atoms with Gasteiger partial charge in [-0.3, -0.25) is 14.0 Å². The van der Waals surface area contributed by atoms with Crippen LogP contribution in [0.1, 0.15) is 38.3 Å². The van der Waals surface area contributed by atoms with Gasteiger partial charge in [-0.1, -0.05) is 6.92 Å². The Kier molecular flexibility index (Phi) is 5.61. The zero-order chi connectivity index (χ0) is 17.1. The molecule has 0 bridgehead atoms. The molecule has 24 heavy (non-hydrogen) atoms. The Balaban J connectivity index is 1.51. The molecule has 1 fully saturated rings. The molecule has 2 heterocycles. The number of aromatic nitrogens is 2. The van der Waals surface area contributed by atoms with Crippen LogP contribution in [0.2, 0.25) is 0 Å². The summed E-state index contributed by atoms with van der Waals surface area (Å²) in [6.07, 6.45) is 6.38. The number of carbonyl (C=O) groups excluding carboxylic acids is 1. The lowest BCUT2D eigenvalue weighted by atomic mass is 9.87. The summed E-state index contributed by atoms with van der Waals surface area (Å²) >= 11 is 2.98. The van der Waals surface area contributed by atoms with Gasteiger partial charge < -0.3 is 4.90 Å². The van der Waals surface area contributed by atoms with E-state index in [1.54, 1.807) is 16.7 Å². The highest BCUT2D eigenvalue weighted by molar-refractivity contribution is 7.99. The number of thiazole rings is 1. The van der Waals surface area contributed by atoms with E-state index in [9.17, 15) is 9.59 Å². The molecule has 1 amide bonds. The van der Waals surface area contributed by atoms with E-state index in [4.69, 9.17) is 0 Å². The van der Waals surface area contributed by atoms with Gasteiger partial charge in [-0.25, -0.2) is 4.98 Å². The van der Waals surface area contributed by atoms with E-state index in [2.05, 4.69) is 11.9 Å². The fraction of sp³-hybridized carbons (Fsp3) is 0.588. The largest absolute Gasteiger partial charge is 0.342 e. The van der Waals surface area contributed by atoms with Gasteiger partial charge in [0.25, 0.3) is 5.56 Å². The molecular formula is C17H23N3O2S2. The second-order valence-corrected chi connectivity index (χ2v) is 8.41. The number of fused-ring (bicyclic) bond motifs is 1. The molecule has 0 saturated heterocycles. The average Bonchev–Trinajstić information content (AvgIpc) is 3.04. The lowest BCUT2D eigenvalue weighted by molar-refractivity contribution is -0.129. The Morgan fingerprint density at radius 1 is 1.42 bits per heavy atom. The van der Waals surface area contributed by atoms with Crippen LogP contribution in [0.3, 0.4) is 0 Å². The van der Waals surface area contributed by atoms with E-state index < -0.39 is 0 Å². The molecule has 5 nitrogen and oxygen atoms in total. The Hall–Kier alpha value is -1.34. The van der Waals surface area contributed by atoms with Gasteiger partial charge in [0, 0.05) is 36.5 Å².